The van der Waals surface area contributed by atoms with E-state index in [1.165, 1.54) is 10.8 Å². The maximum Gasteiger partial charge on any atom is 0.341 e. The van der Waals surface area contributed by atoms with Crippen molar-refractivity contribution in [3.63, 3.8) is 0 Å². The Morgan fingerprint density at radius 3 is 2.47 bits per heavy atom. The first-order chi connectivity index (χ1) is 14.5. The Labute approximate surface area is 170 Å². The van der Waals surface area contributed by atoms with Crippen LogP contribution in [0.1, 0.15) is 35.7 Å². The molecule has 0 spiro atoms. The molecule has 0 radical (unpaired) electrons. The van der Waals surface area contributed by atoms with E-state index in [-0.39, 0.29) is 28.8 Å². The van der Waals surface area contributed by atoms with Crippen LogP contribution in [0.15, 0.2) is 47.4 Å². The number of hydrogen-bond donors (Lipinski definition) is 2. The summed E-state index contributed by atoms with van der Waals surface area (Å²) < 4.78 is 32.2. The van der Waals surface area contributed by atoms with E-state index in [0.29, 0.717) is 13.0 Å². The number of rotatable bonds is 5. The third-order valence-corrected chi connectivity index (χ3v) is 5.77. The monoisotopic (exact) mass is 411 g/mol. The van der Waals surface area contributed by atoms with E-state index in [1.807, 2.05) is 30.3 Å². The zero-order chi connectivity index (χ0) is 21.0. The Balaban J connectivity index is 1.63. The van der Waals surface area contributed by atoms with Crippen LogP contribution in [0.5, 0.6) is 0 Å². The lowest BCUT2D eigenvalue weighted by atomic mass is 10.0. The smallest absolute Gasteiger partial charge is 0.341 e. The molecule has 0 amide bonds. The number of pyridine rings is 1. The summed E-state index contributed by atoms with van der Waals surface area (Å²) in [6, 6.07) is 10.3. The number of fused-ring (bicyclic) bond motifs is 1. The summed E-state index contributed by atoms with van der Waals surface area (Å²) in [5, 5.41) is 12.4. The molecule has 30 heavy (non-hydrogen) atoms. The van der Waals surface area contributed by atoms with Crippen molar-refractivity contribution in [3.05, 3.63) is 70.0 Å². The lowest BCUT2D eigenvalue weighted by molar-refractivity contribution is 0.0695. The topological polar surface area (TPSA) is 74.6 Å². The Hall–Kier alpha value is -3.42. The maximum atomic E-state index is 15.7. The molecule has 6 nitrogen and oxygen atoms in total. The minimum absolute atomic E-state index is 0.0331. The van der Waals surface area contributed by atoms with Crippen molar-refractivity contribution in [2.45, 2.75) is 31.5 Å². The van der Waals surface area contributed by atoms with Crippen LogP contribution < -0.4 is 15.6 Å². The summed E-state index contributed by atoms with van der Waals surface area (Å²) in [5.41, 5.74) is -0.738. The maximum absolute atomic E-state index is 15.7. The number of benzene rings is 2. The minimum atomic E-state index is -1.41. The Morgan fingerprint density at radius 2 is 1.87 bits per heavy atom. The first-order valence-electron chi connectivity index (χ1n) is 9.84. The van der Waals surface area contributed by atoms with E-state index in [4.69, 9.17) is 0 Å². The van der Waals surface area contributed by atoms with Crippen LogP contribution >= 0.6 is 0 Å². The third-order valence-electron chi connectivity index (χ3n) is 5.77. The summed E-state index contributed by atoms with van der Waals surface area (Å²) >= 11 is 0. The summed E-state index contributed by atoms with van der Waals surface area (Å²) in [4.78, 5) is 25.6. The number of halogens is 2. The van der Waals surface area contributed by atoms with Gasteiger partial charge in [-0.05, 0) is 31.0 Å². The molecular formula is C22H19F2N3O3. The van der Waals surface area contributed by atoms with E-state index < -0.39 is 28.6 Å². The second-order valence-electron chi connectivity index (χ2n) is 7.74. The average molecular weight is 411 g/mol. The van der Waals surface area contributed by atoms with Crippen molar-refractivity contribution in [1.29, 1.82) is 0 Å². The van der Waals surface area contributed by atoms with Gasteiger partial charge >= 0.3 is 5.97 Å². The Kier molecular flexibility index (Phi) is 4.23. The average Bonchev–Trinajstić information content (AvgIpc) is 3.55. The molecule has 154 valence electrons. The second kappa shape index (κ2) is 6.83. The van der Waals surface area contributed by atoms with E-state index in [9.17, 15) is 14.7 Å². The van der Waals surface area contributed by atoms with Gasteiger partial charge in [-0.25, -0.2) is 13.6 Å². The minimum Gasteiger partial charge on any atom is -0.477 e. The fourth-order valence-electron chi connectivity index (χ4n) is 4.02. The van der Waals surface area contributed by atoms with Gasteiger partial charge < -0.3 is 19.9 Å². The number of hydrogen-bond acceptors (Lipinski definition) is 4. The molecule has 5 rings (SSSR count). The van der Waals surface area contributed by atoms with Crippen LogP contribution in [0.2, 0.25) is 0 Å². The van der Waals surface area contributed by atoms with Gasteiger partial charge in [-0.15, -0.1) is 0 Å². The van der Waals surface area contributed by atoms with Crippen LogP contribution in [0.4, 0.5) is 20.2 Å². The summed E-state index contributed by atoms with van der Waals surface area (Å²) in [6.07, 6.45) is 3.12. The van der Waals surface area contributed by atoms with Gasteiger partial charge in [0.25, 0.3) is 0 Å². The highest BCUT2D eigenvalue weighted by atomic mass is 19.1. The van der Waals surface area contributed by atoms with Gasteiger partial charge in [0.1, 0.15) is 23.2 Å². The van der Waals surface area contributed by atoms with Crippen LogP contribution in [-0.2, 0) is 0 Å². The molecule has 0 bridgehead atoms. The second-order valence-corrected chi connectivity index (χ2v) is 7.74. The quantitative estimate of drug-likeness (QED) is 0.665. The fourth-order valence-corrected chi connectivity index (χ4v) is 4.02. The molecule has 3 aromatic rings. The third kappa shape index (κ3) is 2.91. The molecule has 1 aliphatic heterocycles. The largest absolute Gasteiger partial charge is 0.477 e. The molecule has 1 saturated heterocycles. The molecule has 2 heterocycles. The SMILES string of the molecule is O=C(O)c1cn(C2CC2)c2c(F)c(N3CCC3Nc3ccccc3)c(F)cc2c1=O. The molecule has 8 heteroatoms. The molecule has 1 atom stereocenters. The van der Waals surface area contributed by atoms with Crippen LogP contribution in [0.3, 0.4) is 0 Å². The molecule has 2 N–H and O–H groups in total. The summed E-state index contributed by atoms with van der Waals surface area (Å²) in [7, 11) is 0. The van der Waals surface area contributed by atoms with Gasteiger partial charge in [-0.3, -0.25) is 4.79 Å². The normalized spacial score (nSPS) is 18.3. The fraction of sp³-hybridized carbons (Fsp3) is 0.273. The van der Waals surface area contributed by atoms with Gasteiger partial charge in [0.2, 0.25) is 5.43 Å². The standard InChI is InChI=1S/C22H19F2N3O3/c23-16-10-14-19(27(13-6-7-13)11-15(21(14)28)22(29)30)18(24)20(16)26-9-8-17(26)25-12-4-2-1-3-5-12/h1-5,10-11,13,17,25H,6-9H2,(H,29,30). The lowest BCUT2D eigenvalue weighted by Gasteiger charge is -2.43. The van der Waals surface area contributed by atoms with Crippen LogP contribution in [0, 0.1) is 11.6 Å². The number of anilines is 2. The molecular weight excluding hydrogens is 392 g/mol. The number of nitrogens with one attached hydrogen (secondary N) is 1. The van der Waals surface area contributed by atoms with Crippen molar-refractivity contribution in [2.75, 3.05) is 16.8 Å². The first kappa shape index (κ1) is 18.6. The highest BCUT2D eigenvalue weighted by Gasteiger charge is 2.35. The van der Waals surface area contributed by atoms with Crippen molar-refractivity contribution < 1.29 is 18.7 Å². The predicted octanol–water partition coefficient (Wildman–Crippen LogP) is 3.96. The highest BCUT2D eigenvalue weighted by Crippen LogP contribution is 2.41. The molecule has 1 aromatic heterocycles. The number of nitrogens with zero attached hydrogens (tertiary/aromatic N) is 2. The molecule has 2 fully saturated rings. The van der Waals surface area contributed by atoms with Crippen molar-refractivity contribution >= 4 is 28.2 Å². The molecule has 1 saturated carbocycles. The van der Waals surface area contributed by atoms with Crippen molar-refractivity contribution in [3.8, 4) is 0 Å². The van der Waals surface area contributed by atoms with Gasteiger partial charge in [0.05, 0.1) is 10.9 Å². The van der Waals surface area contributed by atoms with E-state index in [0.717, 1.165) is 24.6 Å². The van der Waals surface area contributed by atoms with Gasteiger partial charge in [-0.2, -0.15) is 0 Å². The lowest BCUT2D eigenvalue weighted by Crippen LogP contribution is -2.53. The van der Waals surface area contributed by atoms with E-state index >= 15 is 8.78 Å². The summed E-state index contributed by atoms with van der Waals surface area (Å²) in [5.74, 6) is -3.11. The Morgan fingerprint density at radius 1 is 1.13 bits per heavy atom. The Bertz CT molecular complexity index is 1220. The molecule has 2 aliphatic rings. The summed E-state index contributed by atoms with van der Waals surface area (Å²) in [6.45, 7) is 0.463. The zero-order valence-electron chi connectivity index (χ0n) is 15.9. The van der Waals surface area contributed by atoms with Crippen molar-refractivity contribution in [1.82, 2.24) is 4.57 Å². The molecule has 1 unspecified atom stereocenters. The van der Waals surface area contributed by atoms with E-state index in [1.54, 1.807) is 4.90 Å². The van der Waals surface area contributed by atoms with Crippen molar-refractivity contribution in [2.24, 2.45) is 0 Å². The number of carboxylic acids is 1. The first-order valence-corrected chi connectivity index (χ1v) is 9.84. The molecule has 2 aromatic carbocycles. The van der Waals surface area contributed by atoms with Crippen LogP contribution in [-0.4, -0.2) is 28.4 Å². The predicted molar refractivity (Wildman–Crippen MR) is 109 cm³/mol. The van der Waals surface area contributed by atoms with Gasteiger partial charge in [0, 0.05) is 30.9 Å². The van der Waals surface area contributed by atoms with Crippen LogP contribution in [0.25, 0.3) is 10.9 Å². The van der Waals surface area contributed by atoms with Gasteiger partial charge in [-0.1, -0.05) is 18.2 Å². The number of carboxylic acid groups (broad SMARTS) is 1. The zero-order valence-corrected chi connectivity index (χ0v) is 15.9. The number of aromatic carboxylic acids is 1. The number of aromatic nitrogens is 1. The van der Waals surface area contributed by atoms with E-state index in [2.05, 4.69) is 5.32 Å². The number of carbonyl (C=O) groups is 1. The highest BCUT2D eigenvalue weighted by molar-refractivity contribution is 5.94. The van der Waals surface area contributed by atoms with Gasteiger partial charge in [0.15, 0.2) is 5.82 Å². The number of para-hydroxylation sites is 1. The molecule has 1 aliphatic carbocycles.